The molecule has 20 heavy (non-hydrogen) atoms. The van der Waals surface area contributed by atoms with Gasteiger partial charge in [0.05, 0.1) is 18.8 Å². The van der Waals surface area contributed by atoms with Gasteiger partial charge in [-0.2, -0.15) is 10.4 Å². The second-order valence-corrected chi connectivity index (χ2v) is 4.95. The van der Waals surface area contributed by atoms with Crippen LogP contribution in [-0.4, -0.2) is 27.1 Å². The van der Waals surface area contributed by atoms with E-state index in [-0.39, 0.29) is 5.91 Å². The summed E-state index contributed by atoms with van der Waals surface area (Å²) in [7, 11) is 0. The Kier molecular flexibility index (Phi) is 2.99. The summed E-state index contributed by atoms with van der Waals surface area (Å²) in [5.41, 5.74) is 3.15. The lowest BCUT2D eigenvalue weighted by atomic mass is 10.1. The Morgan fingerprint density at radius 1 is 1.30 bits per heavy atom. The SMILES string of the molecule is Cc1ccc(C(=O)N2CCn3nc(C#N)cc3C2)cc1. The van der Waals surface area contributed by atoms with Gasteiger partial charge in [-0.15, -0.1) is 0 Å². The Hall–Kier alpha value is -2.61. The van der Waals surface area contributed by atoms with E-state index in [1.165, 1.54) is 0 Å². The molecule has 0 aliphatic carbocycles. The molecule has 5 nitrogen and oxygen atoms in total. The number of hydrogen-bond acceptors (Lipinski definition) is 3. The van der Waals surface area contributed by atoms with E-state index in [2.05, 4.69) is 5.10 Å². The van der Waals surface area contributed by atoms with Crippen molar-refractivity contribution < 1.29 is 4.79 Å². The first-order chi connectivity index (χ1) is 9.67. The number of carbonyl (C=O) groups is 1. The fourth-order valence-electron chi connectivity index (χ4n) is 2.37. The van der Waals surface area contributed by atoms with Crippen LogP contribution < -0.4 is 0 Å². The van der Waals surface area contributed by atoms with E-state index in [0.717, 1.165) is 11.3 Å². The smallest absolute Gasteiger partial charge is 0.254 e. The number of amides is 1. The van der Waals surface area contributed by atoms with Crippen LogP contribution in [0.15, 0.2) is 30.3 Å². The zero-order valence-electron chi connectivity index (χ0n) is 11.2. The summed E-state index contributed by atoms with van der Waals surface area (Å²) in [4.78, 5) is 14.2. The normalized spacial score (nSPS) is 13.7. The lowest BCUT2D eigenvalue weighted by molar-refractivity contribution is 0.0706. The molecule has 2 aromatic rings. The standard InChI is InChI=1S/C15H14N4O/c1-11-2-4-12(5-3-11)15(20)18-6-7-19-14(10-18)8-13(9-16)17-19/h2-5,8H,6-7,10H2,1H3. The molecule has 5 heteroatoms. The van der Waals surface area contributed by atoms with Crippen LogP contribution in [0.25, 0.3) is 0 Å². The third-order valence-electron chi connectivity index (χ3n) is 3.50. The van der Waals surface area contributed by atoms with E-state index in [9.17, 15) is 4.79 Å². The molecular weight excluding hydrogens is 252 g/mol. The minimum atomic E-state index is 0.0240. The van der Waals surface area contributed by atoms with E-state index in [4.69, 9.17) is 5.26 Å². The quantitative estimate of drug-likeness (QED) is 0.789. The summed E-state index contributed by atoms with van der Waals surface area (Å²) in [6, 6.07) is 11.4. The maximum absolute atomic E-state index is 12.4. The molecule has 1 aliphatic heterocycles. The number of aromatic nitrogens is 2. The maximum Gasteiger partial charge on any atom is 0.254 e. The van der Waals surface area contributed by atoms with Crippen LogP contribution in [0.3, 0.4) is 0 Å². The van der Waals surface area contributed by atoms with Crippen LogP contribution in [0.2, 0.25) is 0 Å². The van der Waals surface area contributed by atoms with Crippen molar-refractivity contribution >= 4 is 5.91 Å². The molecule has 0 saturated heterocycles. The Balaban J connectivity index is 1.81. The third-order valence-corrected chi connectivity index (χ3v) is 3.50. The lowest BCUT2D eigenvalue weighted by Gasteiger charge is -2.27. The van der Waals surface area contributed by atoms with Gasteiger partial charge >= 0.3 is 0 Å². The molecule has 0 saturated carbocycles. The van der Waals surface area contributed by atoms with E-state index >= 15 is 0 Å². The fraction of sp³-hybridized carbons (Fsp3) is 0.267. The number of carbonyl (C=O) groups excluding carboxylic acids is 1. The van der Waals surface area contributed by atoms with Crippen molar-refractivity contribution in [3.05, 3.63) is 52.8 Å². The van der Waals surface area contributed by atoms with Crippen molar-refractivity contribution in [3.63, 3.8) is 0 Å². The summed E-state index contributed by atoms with van der Waals surface area (Å²) in [6.07, 6.45) is 0. The lowest BCUT2D eigenvalue weighted by Crippen LogP contribution is -2.38. The number of fused-ring (bicyclic) bond motifs is 1. The number of benzene rings is 1. The van der Waals surface area contributed by atoms with Crippen LogP contribution in [0.4, 0.5) is 0 Å². The minimum Gasteiger partial charge on any atom is -0.331 e. The van der Waals surface area contributed by atoms with E-state index < -0.39 is 0 Å². The monoisotopic (exact) mass is 266 g/mol. The average molecular weight is 266 g/mol. The van der Waals surface area contributed by atoms with Gasteiger partial charge in [0.2, 0.25) is 0 Å². The number of nitriles is 1. The molecule has 1 aromatic carbocycles. The van der Waals surface area contributed by atoms with Crippen LogP contribution in [0, 0.1) is 18.3 Å². The molecule has 100 valence electrons. The van der Waals surface area contributed by atoms with E-state index in [1.807, 2.05) is 37.3 Å². The highest BCUT2D eigenvalue weighted by molar-refractivity contribution is 5.94. The van der Waals surface area contributed by atoms with Gasteiger partial charge < -0.3 is 4.90 Å². The van der Waals surface area contributed by atoms with Gasteiger partial charge in [-0.05, 0) is 25.1 Å². The molecular formula is C15H14N4O. The van der Waals surface area contributed by atoms with Crippen molar-refractivity contribution in [2.75, 3.05) is 6.54 Å². The second-order valence-electron chi connectivity index (χ2n) is 4.95. The van der Waals surface area contributed by atoms with Crippen molar-refractivity contribution in [3.8, 4) is 6.07 Å². The number of nitrogens with zero attached hydrogens (tertiary/aromatic N) is 4. The van der Waals surface area contributed by atoms with E-state index in [0.29, 0.717) is 30.9 Å². The van der Waals surface area contributed by atoms with Gasteiger partial charge in [0.15, 0.2) is 5.69 Å². The van der Waals surface area contributed by atoms with Crippen LogP contribution in [0.5, 0.6) is 0 Å². The Morgan fingerprint density at radius 3 is 2.75 bits per heavy atom. The highest BCUT2D eigenvalue weighted by Crippen LogP contribution is 2.16. The van der Waals surface area contributed by atoms with Crippen LogP contribution >= 0.6 is 0 Å². The summed E-state index contributed by atoms with van der Waals surface area (Å²) in [5.74, 6) is 0.0240. The highest BCUT2D eigenvalue weighted by atomic mass is 16.2. The van der Waals surface area contributed by atoms with Gasteiger partial charge in [0.25, 0.3) is 5.91 Å². The van der Waals surface area contributed by atoms with Gasteiger partial charge in [0, 0.05) is 12.1 Å². The van der Waals surface area contributed by atoms with Crippen LogP contribution in [-0.2, 0) is 13.1 Å². The van der Waals surface area contributed by atoms with Crippen molar-refractivity contribution in [2.24, 2.45) is 0 Å². The van der Waals surface area contributed by atoms with Crippen LogP contribution in [0.1, 0.15) is 27.3 Å². The van der Waals surface area contributed by atoms with Gasteiger partial charge in [-0.3, -0.25) is 9.48 Å². The third kappa shape index (κ3) is 2.16. The number of aryl methyl sites for hydroxylation is 1. The molecule has 0 atom stereocenters. The van der Waals surface area contributed by atoms with Crippen molar-refractivity contribution in [1.29, 1.82) is 5.26 Å². The summed E-state index contributed by atoms with van der Waals surface area (Å²) in [6.45, 7) is 3.75. The summed E-state index contributed by atoms with van der Waals surface area (Å²) < 4.78 is 1.80. The van der Waals surface area contributed by atoms with E-state index in [1.54, 1.807) is 15.6 Å². The predicted molar refractivity (Wildman–Crippen MR) is 72.9 cm³/mol. The first kappa shape index (κ1) is 12.4. The fourth-order valence-corrected chi connectivity index (χ4v) is 2.37. The summed E-state index contributed by atoms with van der Waals surface area (Å²) in [5, 5.41) is 13.0. The first-order valence-electron chi connectivity index (χ1n) is 6.50. The average Bonchev–Trinajstić information content (AvgIpc) is 2.89. The zero-order valence-corrected chi connectivity index (χ0v) is 11.2. The minimum absolute atomic E-state index is 0.0240. The van der Waals surface area contributed by atoms with Gasteiger partial charge in [-0.1, -0.05) is 17.7 Å². The largest absolute Gasteiger partial charge is 0.331 e. The number of rotatable bonds is 1. The number of hydrogen-bond donors (Lipinski definition) is 0. The molecule has 0 N–H and O–H groups in total. The Morgan fingerprint density at radius 2 is 2.05 bits per heavy atom. The molecule has 0 bridgehead atoms. The van der Waals surface area contributed by atoms with Gasteiger partial charge in [-0.25, -0.2) is 0 Å². The Labute approximate surface area is 117 Å². The first-order valence-corrected chi connectivity index (χ1v) is 6.50. The summed E-state index contributed by atoms with van der Waals surface area (Å²) >= 11 is 0. The molecule has 1 aliphatic rings. The molecule has 0 unspecified atom stereocenters. The van der Waals surface area contributed by atoms with Crippen molar-refractivity contribution in [1.82, 2.24) is 14.7 Å². The maximum atomic E-state index is 12.4. The van der Waals surface area contributed by atoms with Crippen molar-refractivity contribution in [2.45, 2.75) is 20.0 Å². The molecule has 0 spiro atoms. The molecule has 0 radical (unpaired) electrons. The molecule has 3 rings (SSSR count). The molecule has 0 fully saturated rings. The Bertz CT molecular complexity index is 694. The zero-order chi connectivity index (χ0) is 14.1. The molecule has 1 aromatic heterocycles. The highest BCUT2D eigenvalue weighted by Gasteiger charge is 2.23. The predicted octanol–water partition coefficient (Wildman–Crippen LogP) is 1.72. The topological polar surface area (TPSA) is 61.9 Å². The molecule has 1 amide bonds. The molecule has 2 heterocycles. The van der Waals surface area contributed by atoms with Gasteiger partial charge in [0.1, 0.15) is 6.07 Å². The second kappa shape index (κ2) is 4.82.